The number of likely N-dealkylation sites (tertiary alicyclic amines) is 1. The van der Waals surface area contributed by atoms with Gasteiger partial charge in [-0.1, -0.05) is 36.8 Å². The lowest BCUT2D eigenvalue weighted by molar-refractivity contribution is -0.140. The lowest BCUT2D eigenvalue weighted by Gasteiger charge is -2.42. The molecule has 1 aromatic carbocycles. The molecule has 0 bridgehead atoms. The Morgan fingerprint density at radius 3 is 2.42 bits per heavy atom. The van der Waals surface area contributed by atoms with Crippen molar-refractivity contribution in [3.05, 3.63) is 35.4 Å². The third kappa shape index (κ3) is 3.81. The van der Waals surface area contributed by atoms with Gasteiger partial charge in [-0.25, -0.2) is 0 Å². The van der Waals surface area contributed by atoms with Crippen LogP contribution in [-0.2, 0) is 4.79 Å². The number of piperazine rings is 1. The van der Waals surface area contributed by atoms with Crippen molar-refractivity contribution in [2.24, 2.45) is 5.92 Å². The minimum atomic E-state index is -0.142. The van der Waals surface area contributed by atoms with Crippen molar-refractivity contribution in [2.45, 2.75) is 45.7 Å². The number of nitrogens with one attached hydrogen (secondary N) is 1. The summed E-state index contributed by atoms with van der Waals surface area (Å²) in [5.74, 6) is 1.03. The molecule has 4 nitrogen and oxygen atoms in total. The van der Waals surface area contributed by atoms with Crippen molar-refractivity contribution in [3.8, 4) is 0 Å². The molecule has 24 heavy (non-hydrogen) atoms. The van der Waals surface area contributed by atoms with Crippen LogP contribution in [-0.4, -0.2) is 54.5 Å². The lowest BCUT2D eigenvalue weighted by Crippen LogP contribution is -2.55. The molecule has 2 unspecified atom stereocenters. The molecule has 0 aliphatic carbocycles. The van der Waals surface area contributed by atoms with Crippen molar-refractivity contribution in [1.29, 1.82) is 0 Å². The molecule has 3 rings (SSSR count). The van der Waals surface area contributed by atoms with Gasteiger partial charge in [0.2, 0.25) is 5.91 Å². The average Bonchev–Trinajstić information content (AvgIpc) is 2.59. The van der Waals surface area contributed by atoms with E-state index in [1.54, 1.807) is 0 Å². The molecule has 132 valence electrons. The number of hydrogen-bond acceptors (Lipinski definition) is 3. The molecule has 1 aromatic rings. The maximum absolute atomic E-state index is 13.4. The van der Waals surface area contributed by atoms with Gasteiger partial charge in [0.1, 0.15) is 6.04 Å². The fourth-order valence-electron chi connectivity index (χ4n) is 3.87. The quantitative estimate of drug-likeness (QED) is 0.926. The van der Waals surface area contributed by atoms with Crippen LogP contribution in [0.3, 0.4) is 0 Å². The monoisotopic (exact) mass is 329 g/mol. The first-order valence-corrected chi connectivity index (χ1v) is 9.38. The molecule has 2 fully saturated rings. The Morgan fingerprint density at radius 1 is 1.12 bits per heavy atom. The van der Waals surface area contributed by atoms with Crippen LogP contribution >= 0.6 is 0 Å². The smallest absolute Gasteiger partial charge is 0.244 e. The SMILES string of the molecule is Cc1ccc(C(C(=O)N2CCC(C)CC2)N2CCNCC2C)cc1. The fourth-order valence-corrected chi connectivity index (χ4v) is 3.87. The van der Waals surface area contributed by atoms with Gasteiger partial charge in [0.05, 0.1) is 0 Å². The number of amides is 1. The van der Waals surface area contributed by atoms with Gasteiger partial charge in [-0.15, -0.1) is 0 Å². The third-order valence-corrected chi connectivity index (χ3v) is 5.61. The molecule has 2 aliphatic heterocycles. The van der Waals surface area contributed by atoms with E-state index in [1.165, 1.54) is 5.56 Å². The highest BCUT2D eigenvalue weighted by molar-refractivity contribution is 5.83. The average molecular weight is 329 g/mol. The van der Waals surface area contributed by atoms with Gasteiger partial charge in [-0.05, 0) is 38.2 Å². The standard InChI is InChI=1S/C20H31N3O/c1-15-4-6-18(7-5-15)19(23-13-10-21-14-17(23)3)20(24)22-11-8-16(2)9-12-22/h4-7,16-17,19,21H,8-14H2,1-3H3. The van der Waals surface area contributed by atoms with Crippen molar-refractivity contribution in [3.63, 3.8) is 0 Å². The summed E-state index contributed by atoms with van der Waals surface area (Å²) in [5, 5.41) is 3.44. The molecular weight excluding hydrogens is 298 g/mol. The number of carbonyl (C=O) groups excluding carboxylic acids is 1. The Labute approximate surface area is 146 Å². The van der Waals surface area contributed by atoms with Crippen LogP contribution in [0.25, 0.3) is 0 Å². The second-order valence-corrected chi connectivity index (χ2v) is 7.61. The molecular formula is C20H31N3O. The topological polar surface area (TPSA) is 35.6 Å². The van der Waals surface area contributed by atoms with Crippen molar-refractivity contribution in [1.82, 2.24) is 15.1 Å². The summed E-state index contributed by atoms with van der Waals surface area (Å²) in [7, 11) is 0. The number of hydrogen-bond donors (Lipinski definition) is 1. The van der Waals surface area contributed by atoms with Gasteiger partial charge < -0.3 is 10.2 Å². The number of benzene rings is 1. The maximum Gasteiger partial charge on any atom is 0.244 e. The second-order valence-electron chi connectivity index (χ2n) is 7.61. The number of carbonyl (C=O) groups is 1. The number of rotatable bonds is 3. The second kappa shape index (κ2) is 7.66. The third-order valence-electron chi connectivity index (χ3n) is 5.61. The summed E-state index contributed by atoms with van der Waals surface area (Å²) in [6.07, 6.45) is 2.26. The van der Waals surface area contributed by atoms with Gasteiger partial charge in [-0.2, -0.15) is 0 Å². The van der Waals surface area contributed by atoms with E-state index in [2.05, 4.69) is 60.2 Å². The van der Waals surface area contributed by atoms with Gasteiger partial charge in [0, 0.05) is 38.8 Å². The Bertz CT molecular complexity index is 549. The van der Waals surface area contributed by atoms with Crippen LogP contribution in [0.15, 0.2) is 24.3 Å². The zero-order chi connectivity index (χ0) is 17.1. The van der Waals surface area contributed by atoms with Gasteiger partial charge in [-0.3, -0.25) is 9.69 Å². The summed E-state index contributed by atoms with van der Waals surface area (Å²) in [4.78, 5) is 17.9. The lowest BCUT2D eigenvalue weighted by atomic mass is 9.96. The Morgan fingerprint density at radius 2 is 1.79 bits per heavy atom. The van der Waals surface area contributed by atoms with Gasteiger partial charge in [0.25, 0.3) is 0 Å². The van der Waals surface area contributed by atoms with Crippen molar-refractivity contribution < 1.29 is 4.79 Å². The zero-order valence-corrected chi connectivity index (χ0v) is 15.3. The van der Waals surface area contributed by atoms with E-state index < -0.39 is 0 Å². The van der Waals surface area contributed by atoms with Gasteiger partial charge >= 0.3 is 0 Å². The van der Waals surface area contributed by atoms with E-state index in [1.807, 2.05) is 0 Å². The van der Waals surface area contributed by atoms with Crippen LogP contribution in [0.5, 0.6) is 0 Å². The Balaban J connectivity index is 1.86. The zero-order valence-electron chi connectivity index (χ0n) is 15.3. The highest BCUT2D eigenvalue weighted by Crippen LogP contribution is 2.28. The first-order valence-electron chi connectivity index (χ1n) is 9.38. The predicted octanol–water partition coefficient (Wildman–Crippen LogP) is 2.59. The highest BCUT2D eigenvalue weighted by atomic mass is 16.2. The highest BCUT2D eigenvalue weighted by Gasteiger charge is 2.35. The molecule has 1 amide bonds. The molecule has 2 saturated heterocycles. The summed E-state index contributed by atoms with van der Waals surface area (Å²) in [6, 6.07) is 8.76. The van der Waals surface area contributed by atoms with E-state index in [0.717, 1.165) is 57.0 Å². The first kappa shape index (κ1) is 17.4. The molecule has 0 radical (unpaired) electrons. The minimum Gasteiger partial charge on any atom is -0.341 e. The summed E-state index contributed by atoms with van der Waals surface area (Å²) in [5.41, 5.74) is 2.38. The van der Waals surface area contributed by atoms with Crippen LogP contribution in [0.4, 0.5) is 0 Å². The molecule has 2 atom stereocenters. The largest absolute Gasteiger partial charge is 0.341 e. The first-order chi connectivity index (χ1) is 11.6. The summed E-state index contributed by atoms with van der Waals surface area (Å²) in [6.45, 7) is 11.3. The van der Waals surface area contributed by atoms with Crippen LogP contribution < -0.4 is 5.32 Å². The van der Waals surface area contributed by atoms with Crippen molar-refractivity contribution >= 4 is 5.91 Å². The number of aryl methyl sites for hydroxylation is 1. The predicted molar refractivity (Wildman–Crippen MR) is 97.9 cm³/mol. The summed E-state index contributed by atoms with van der Waals surface area (Å²) < 4.78 is 0. The molecule has 2 heterocycles. The van der Waals surface area contributed by atoms with Crippen LogP contribution in [0.1, 0.15) is 43.9 Å². The molecule has 1 N–H and O–H groups in total. The summed E-state index contributed by atoms with van der Waals surface area (Å²) >= 11 is 0. The maximum atomic E-state index is 13.4. The molecule has 0 aromatic heterocycles. The van der Waals surface area contributed by atoms with Gasteiger partial charge in [0.15, 0.2) is 0 Å². The van der Waals surface area contributed by atoms with E-state index in [9.17, 15) is 4.79 Å². The molecule has 2 aliphatic rings. The normalized spacial score (nSPS) is 24.8. The molecule has 0 spiro atoms. The molecule has 0 saturated carbocycles. The van der Waals surface area contributed by atoms with Crippen LogP contribution in [0, 0.1) is 12.8 Å². The minimum absolute atomic E-state index is 0.142. The van der Waals surface area contributed by atoms with E-state index in [0.29, 0.717) is 11.9 Å². The van der Waals surface area contributed by atoms with E-state index in [4.69, 9.17) is 0 Å². The number of nitrogens with zero attached hydrogens (tertiary/aromatic N) is 2. The fraction of sp³-hybridized carbons (Fsp3) is 0.650. The Hall–Kier alpha value is -1.39. The Kier molecular flexibility index (Phi) is 5.57. The van der Waals surface area contributed by atoms with Crippen LogP contribution in [0.2, 0.25) is 0 Å². The number of piperidine rings is 1. The van der Waals surface area contributed by atoms with E-state index in [-0.39, 0.29) is 6.04 Å². The molecule has 4 heteroatoms. The van der Waals surface area contributed by atoms with Crippen molar-refractivity contribution in [2.75, 3.05) is 32.7 Å². The van der Waals surface area contributed by atoms with E-state index >= 15 is 0 Å².